The van der Waals surface area contributed by atoms with Crippen molar-refractivity contribution in [3.8, 4) is 5.75 Å². The van der Waals surface area contributed by atoms with E-state index in [1.807, 2.05) is 0 Å². The van der Waals surface area contributed by atoms with E-state index in [0.29, 0.717) is 5.56 Å². The van der Waals surface area contributed by atoms with Gasteiger partial charge in [-0.15, -0.1) is 0 Å². The Morgan fingerprint density at radius 2 is 1.83 bits per heavy atom. The van der Waals surface area contributed by atoms with Crippen LogP contribution in [-0.2, 0) is 19.4 Å². The first-order valence-corrected chi connectivity index (χ1v) is 10.5. The van der Waals surface area contributed by atoms with Crippen LogP contribution in [0, 0.1) is 5.92 Å². The summed E-state index contributed by atoms with van der Waals surface area (Å²) in [6, 6.07) is 11.6. The maximum absolute atomic E-state index is 12.8. The predicted octanol–water partition coefficient (Wildman–Crippen LogP) is 2.16. The van der Waals surface area contributed by atoms with Crippen LogP contribution < -0.4 is 15.4 Å². The highest BCUT2D eigenvalue weighted by atomic mass is 32.2. The predicted molar refractivity (Wildman–Crippen MR) is 100 cm³/mol. The molecular weight excluding hydrogens is 406 g/mol. The van der Waals surface area contributed by atoms with Crippen molar-refractivity contribution in [2.75, 3.05) is 18.1 Å². The zero-order chi connectivity index (χ0) is 21.2. The second-order valence-corrected chi connectivity index (χ2v) is 8.52. The third-order valence-corrected chi connectivity index (χ3v) is 5.70. The minimum atomic E-state index is -3.59. The van der Waals surface area contributed by atoms with Crippen LogP contribution >= 0.6 is 0 Å². The molecule has 0 bridgehead atoms. The fraction of sp³-hybridized carbons (Fsp3) is 0.263. The van der Waals surface area contributed by atoms with Gasteiger partial charge in [0.25, 0.3) is 0 Å². The smallest absolute Gasteiger partial charge is 0.387 e. The van der Waals surface area contributed by atoms with E-state index in [1.165, 1.54) is 42.5 Å². The molecule has 0 unspecified atom stereocenters. The molecule has 0 spiro atoms. The van der Waals surface area contributed by atoms with Gasteiger partial charge in [0.05, 0.1) is 10.6 Å². The number of rotatable bonds is 6. The van der Waals surface area contributed by atoms with Crippen molar-refractivity contribution in [3.05, 3.63) is 54.1 Å². The molecule has 3 rings (SSSR count). The number of para-hydroxylation sites is 1. The number of hydrogen-bond acceptors (Lipinski definition) is 5. The quantitative estimate of drug-likeness (QED) is 0.692. The number of anilines is 1. The number of amides is 2. The summed E-state index contributed by atoms with van der Waals surface area (Å²) in [6.07, 6.45) is 1.02. The molecule has 0 saturated carbocycles. The number of sulfone groups is 1. The molecule has 1 aliphatic heterocycles. The van der Waals surface area contributed by atoms with Gasteiger partial charge in [0.15, 0.2) is 9.84 Å². The van der Waals surface area contributed by atoms with Crippen molar-refractivity contribution < 1.29 is 31.5 Å². The van der Waals surface area contributed by atoms with Gasteiger partial charge in [-0.1, -0.05) is 24.3 Å². The van der Waals surface area contributed by atoms with Crippen LogP contribution in [0.4, 0.5) is 14.5 Å². The van der Waals surface area contributed by atoms with Crippen molar-refractivity contribution in [3.63, 3.8) is 0 Å². The van der Waals surface area contributed by atoms with E-state index in [9.17, 15) is 26.8 Å². The average Bonchev–Trinajstić information content (AvgIpc) is 3.03. The molecule has 2 aromatic rings. The molecular formula is C19H18F2N2O5S. The number of alkyl halides is 2. The van der Waals surface area contributed by atoms with E-state index >= 15 is 0 Å². The molecule has 10 heteroatoms. The van der Waals surface area contributed by atoms with Crippen LogP contribution in [0.1, 0.15) is 11.5 Å². The topological polar surface area (TPSA) is 102 Å². The fourth-order valence-electron chi connectivity index (χ4n) is 3.23. The largest absolute Gasteiger partial charge is 0.435 e. The SMILES string of the molecule is CS(=O)(=O)c1ccccc1NC(=O)[C@H]1C(=O)NC[C@@H]1c1ccc(OC(F)F)cc1. The van der Waals surface area contributed by atoms with Crippen LogP contribution in [0.3, 0.4) is 0 Å². The molecule has 2 amide bonds. The van der Waals surface area contributed by atoms with Crippen LogP contribution in [-0.4, -0.2) is 39.6 Å². The Morgan fingerprint density at radius 1 is 1.17 bits per heavy atom. The lowest BCUT2D eigenvalue weighted by Crippen LogP contribution is -2.32. The van der Waals surface area contributed by atoms with Crippen molar-refractivity contribution in [2.45, 2.75) is 17.4 Å². The molecule has 2 N–H and O–H groups in total. The maximum atomic E-state index is 12.8. The number of ether oxygens (including phenoxy) is 1. The van der Waals surface area contributed by atoms with Gasteiger partial charge in [-0.3, -0.25) is 9.59 Å². The average molecular weight is 424 g/mol. The molecule has 0 aromatic heterocycles. The molecule has 7 nitrogen and oxygen atoms in total. The van der Waals surface area contributed by atoms with E-state index in [1.54, 1.807) is 6.07 Å². The molecule has 0 aliphatic carbocycles. The summed E-state index contributed by atoms with van der Waals surface area (Å²) in [6.45, 7) is -2.77. The van der Waals surface area contributed by atoms with Crippen molar-refractivity contribution in [1.29, 1.82) is 0 Å². The molecule has 1 saturated heterocycles. The number of halogens is 2. The van der Waals surface area contributed by atoms with Gasteiger partial charge in [-0.25, -0.2) is 8.42 Å². The van der Waals surface area contributed by atoms with Crippen LogP contribution in [0.25, 0.3) is 0 Å². The van der Waals surface area contributed by atoms with Crippen molar-refractivity contribution in [2.24, 2.45) is 5.92 Å². The highest BCUT2D eigenvalue weighted by molar-refractivity contribution is 7.90. The first-order valence-electron chi connectivity index (χ1n) is 8.59. The van der Waals surface area contributed by atoms with E-state index in [0.717, 1.165) is 6.26 Å². The standard InChI is InChI=1S/C19H18F2N2O5S/c1-29(26,27)15-5-3-2-4-14(15)23-18(25)16-13(10-22-17(16)24)11-6-8-12(9-7-11)28-19(20)21/h2-9,13,16,19H,10H2,1H3,(H,22,24)(H,23,25)/t13-,16-/m1/s1. The molecule has 1 fully saturated rings. The molecule has 154 valence electrons. The highest BCUT2D eigenvalue weighted by Crippen LogP contribution is 2.32. The first kappa shape index (κ1) is 20.7. The number of carbonyl (C=O) groups excluding carboxylic acids is 2. The Kier molecular flexibility index (Phi) is 5.83. The van der Waals surface area contributed by atoms with E-state index < -0.39 is 40.1 Å². The van der Waals surface area contributed by atoms with Gasteiger partial charge >= 0.3 is 6.61 Å². The summed E-state index contributed by atoms with van der Waals surface area (Å²) >= 11 is 0. The van der Waals surface area contributed by atoms with Gasteiger partial charge in [-0.05, 0) is 29.8 Å². The Balaban J connectivity index is 1.83. The lowest BCUT2D eigenvalue weighted by Gasteiger charge is -2.18. The Morgan fingerprint density at radius 3 is 2.45 bits per heavy atom. The van der Waals surface area contributed by atoms with E-state index in [2.05, 4.69) is 15.4 Å². The molecule has 0 radical (unpaired) electrons. The summed E-state index contributed by atoms with van der Waals surface area (Å²) < 4.78 is 52.7. The zero-order valence-electron chi connectivity index (χ0n) is 15.3. The van der Waals surface area contributed by atoms with Crippen LogP contribution in [0.5, 0.6) is 5.75 Å². The van der Waals surface area contributed by atoms with Crippen molar-refractivity contribution >= 4 is 27.3 Å². The van der Waals surface area contributed by atoms with Crippen molar-refractivity contribution in [1.82, 2.24) is 5.32 Å². The second kappa shape index (κ2) is 8.16. The minimum Gasteiger partial charge on any atom is -0.435 e. The third-order valence-electron chi connectivity index (χ3n) is 4.54. The summed E-state index contributed by atoms with van der Waals surface area (Å²) in [5.74, 6) is -2.85. The number of hydrogen-bond donors (Lipinski definition) is 2. The van der Waals surface area contributed by atoms with Crippen LogP contribution in [0.15, 0.2) is 53.4 Å². The summed E-state index contributed by atoms with van der Waals surface area (Å²) in [5, 5.41) is 5.13. The van der Waals surface area contributed by atoms with E-state index in [-0.39, 0.29) is 22.9 Å². The number of carbonyl (C=O) groups is 2. The summed E-state index contributed by atoms with van der Waals surface area (Å²) in [7, 11) is -3.59. The second-order valence-electron chi connectivity index (χ2n) is 6.53. The maximum Gasteiger partial charge on any atom is 0.387 e. The molecule has 29 heavy (non-hydrogen) atoms. The number of nitrogens with one attached hydrogen (secondary N) is 2. The normalized spacial score (nSPS) is 19.1. The lowest BCUT2D eigenvalue weighted by molar-refractivity contribution is -0.130. The van der Waals surface area contributed by atoms with Gasteiger partial charge in [-0.2, -0.15) is 8.78 Å². The summed E-state index contributed by atoms with van der Waals surface area (Å²) in [4.78, 5) is 25.0. The Hall–Kier alpha value is -3.01. The first-order chi connectivity index (χ1) is 13.7. The summed E-state index contributed by atoms with van der Waals surface area (Å²) in [5.41, 5.74) is 0.667. The Labute approximate surface area is 166 Å². The van der Waals surface area contributed by atoms with Gasteiger partial charge < -0.3 is 15.4 Å². The minimum absolute atomic E-state index is 0.0379. The monoisotopic (exact) mass is 424 g/mol. The van der Waals surface area contributed by atoms with E-state index in [4.69, 9.17) is 0 Å². The fourth-order valence-corrected chi connectivity index (χ4v) is 4.08. The molecule has 2 atom stereocenters. The highest BCUT2D eigenvalue weighted by Gasteiger charge is 2.41. The van der Waals surface area contributed by atoms with Gasteiger partial charge in [0.1, 0.15) is 11.7 Å². The Bertz CT molecular complexity index is 1030. The zero-order valence-corrected chi connectivity index (χ0v) is 16.1. The molecule has 1 aliphatic rings. The third kappa shape index (κ3) is 4.70. The van der Waals surface area contributed by atoms with Gasteiger partial charge in [0, 0.05) is 18.7 Å². The molecule has 1 heterocycles. The number of benzene rings is 2. The molecule has 2 aromatic carbocycles. The lowest BCUT2D eigenvalue weighted by atomic mass is 9.88. The van der Waals surface area contributed by atoms with Gasteiger partial charge in [0.2, 0.25) is 11.8 Å². The van der Waals surface area contributed by atoms with Crippen LogP contribution in [0.2, 0.25) is 0 Å².